The van der Waals surface area contributed by atoms with Crippen molar-refractivity contribution in [2.45, 2.75) is 238 Å². The first kappa shape index (κ1) is 63.2. The largest absolute Gasteiger partial charge is 0.479 e. The molecule has 0 radical (unpaired) electrons. The van der Waals surface area contributed by atoms with Crippen LogP contribution in [-0.4, -0.2) is 216 Å². The van der Waals surface area contributed by atoms with Crippen LogP contribution in [0.1, 0.15) is 121 Å². The summed E-state index contributed by atoms with van der Waals surface area (Å²) in [6.07, 6.45) is -25.1. The number of carboxylic acid groups (broad SMARTS) is 1. The molecule has 7 fully saturated rings. The molecule has 0 aromatic heterocycles. The Balaban J connectivity index is 1.13. The van der Waals surface area contributed by atoms with E-state index >= 15 is 0 Å². The molecule has 5 aliphatic carbocycles. The highest BCUT2D eigenvalue weighted by Crippen LogP contribution is 2.76. The number of allylic oxidation sites excluding steroid dienone is 2. The molecule has 456 valence electrons. The van der Waals surface area contributed by atoms with E-state index in [4.69, 9.17) is 37.9 Å². The highest BCUT2D eigenvalue weighted by atomic mass is 16.8. The van der Waals surface area contributed by atoms with Crippen LogP contribution in [0, 0.1) is 56.2 Å². The molecule has 8 rings (SSSR count). The quantitative estimate of drug-likeness (QED) is 0.0455. The van der Waals surface area contributed by atoms with Crippen LogP contribution in [0.2, 0.25) is 0 Å². The summed E-state index contributed by atoms with van der Waals surface area (Å²) in [5, 5.41) is 135. The summed E-state index contributed by atoms with van der Waals surface area (Å²) in [6.45, 7) is 19.0. The monoisotopic (exact) mass is 1140 g/mol. The average Bonchev–Trinajstić information content (AvgIpc) is 1.93. The lowest BCUT2D eigenvalue weighted by molar-refractivity contribution is -0.386. The third kappa shape index (κ3) is 9.93. The van der Waals surface area contributed by atoms with Gasteiger partial charge in [0.05, 0.1) is 42.9 Å². The minimum absolute atomic E-state index is 0.146. The second-order valence-corrected chi connectivity index (χ2v) is 26.4. The van der Waals surface area contributed by atoms with Crippen LogP contribution in [0.15, 0.2) is 23.3 Å². The van der Waals surface area contributed by atoms with Crippen LogP contribution in [0.3, 0.4) is 0 Å². The van der Waals surface area contributed by atoms with Gasteiger partial charge in [-0.3, -0.25) is 4.79 Å². The molecule has 80 heavy (non-hydrogen) atoms. The van der Waals surface area contributed by atoms with Crippen molar-refractivity contribution in [1.82, 2.24) is 0 Å². The predicted molar refractivity (Wildman–Crippen MR) is 277 cm³/mol. The minimum Gasteiger partial charge on any atom is -0.479 e. The Morgan fingerprint density at radius 2 is 1.31 bits per heavy atom. The normalized spacial score (nSPS) is 49.2. The van der Waals surface area contributed by atoms with Crippen LogP contribution >= 0.6 is 0 Å². The van der Waals surface area contributed by atoms with E-state index in [9.17, 15) is 75.7 Å². The van der Waals surface area contributed by atoms with Crippen molar-refractivity contribution in [2.75, 3.05) is 19.8 Å². The molecule has 3 saturated heterocycles. The third-order valence-corrected chi connectivity index (χ3v) is 21.6. The van der Waals surface area contributed by atoms with Crippen molar-refractivity contribution < 1.29 is 114 Å². The van der Waals surface area contributed by atoms with E-state index in [-0.39, 0.29) is 11.8 Å². The van der Waals surface area contributed by atoms with E-state index in [1.807, 2.05) is 41.5 Å². The van der Waals surface area contributed by atoms with Crippen LogP contribution in [0.5, 0.6) is 0 Å². The number of rotatable bonds is 15. The zero-order chi connectivity index (χ0) is 59.3. The molecule has 0 aromatic rings. The summed E-state index contributed by atoms with van der Waals surface area (Å²) < 4.78 is 48.6. The molecule has 0 amide bonds. The summed E-state index contributed by atoms with van der Waals surface area (Å²) in [7, 11) is 0. The lowest BCUT2D eigenvalue weighted by Crippen LogP contribution is -2.76. The van der Waals surface area contributed by atoms with Crippen LogP contribution in [-0.2, 0) is 52.3 Å². The first-order valence-corrected chi connectivity index (χ1v) is 28.5. The minimum atomic E-state index is -2.12. The summed E-state index contributed by atoms with van der Waals surface area (Å²) in [4.78, 5) is 39.8. The molecule has 3 aliphatic heterocycles. The summed E-state index contributed by atoms with van der Waals surface area (Å²) in [5.74, 6) is -4.27. The Kier molecular flexibility index (Phi) is 18.1. The van der Waals surface area contributed by atoms with Crippen molar-refractivity contribution in [3.05, 3.63) is 23.3 Å². The van der Waals surface area contributed by atoms with E-state index in [1.54, 1.807) is 26.8 Å². The van der Waals surface area contributed by atoms with Gasteiger partial charge in [0.1, 0.15) is 79.9 Å². The number of hydrogen-bond acceptors (Lipinski definition) is 22. The molecule has 12 N–H and O–H groups in total. The van der Waals surface area contributed by atoms with Gasteiger partial charge in [-0.25, -0.2) is 9.59 Å². The first-order chi connectivity index (χ1) is 37.3. The molecule has 3 heterocycles. The molecular formula is C57H90O23. The number of aliphatic hydroxyl groups is 11. The number of esters is 2. The van der Waals surface area contributed by atoms with Gasteiger partial charge in [0.25, 0.3) is 0 Å². The van der Waals surface area contributed by atoms with Crippen LogP contribution in [0.25, 0.3) is 0 Å². The molecular weight excluding hydrogens is 1050 g/mol. The zero-order valence-corrected chi connectivity index (χ0v) is 47.9. The molecule has 23 heteroatoms. The van der Waals surface area contributed by atoms with Gasteiger partial charge < -0.3 is 99.2 Å². The maximum absolute atomic E-state index is 13.5. The molecule has 4 saturated carbocycles. The number of hydrogen-bond donors (Lipinski definition) is 12. The second kappa shape index (κ2) is 22.9. The molecule has 0 aromatic carbocycles. The lowest BCUT2D eigenvalue weighted by atomic mass is 9.32. The Hall–Kier alpha value is -2.79. The van der Waals surface area contributed by atoms with E-state index in [2.05, 4.69) is 19.9 Å². The molecule has 0 spiro atoms. The highest BCUT2D eigenvalue weighted by molar-refractivity contribution is 5.87. The number of ether oxygens (including phenoxy) is 8. The molecule has 23 nitrogen and oxygen atoms in total. The van der Waals surface area contributed by atoms with Gasteiger partial charge in [0, 0.05) is 16.4 Å². The van der Waals surface area contributed by atoms with Crippen molar-refractivity contribution in [3.63, 3.8) is 0 Å². The van der Waals surface area contributed by atoms with Gasteiger partial charge in [0.2, 0.25) is 0 Å². The second-order valence-electron chi connectivity index (χ2n) is 26.4. The molecule has 9 unspecified atom stereocenters. The summed E-state index contributed by atoms with van der Waals surface area (Å²) >= 11 is 0. The Bertz CT molecular complexity index is 2330. The van der Waals surface area contributed by atoms with Crippen LogP contribution < -0.4 is 0 Å². The van der Waals surface area contributed by atoms with Gasteiger partial charge in [-0.2, -0.15) is 0 Å². The van der Waals surface area contributed by atoms with Gasteiger partial charge >= 0.3 is 17.9 Å². The number of fused-ring (bicyclic) bond motifs is 7. The van der Waals surface area contributed by atoms with Gasteiger partial charge in [-0.1, -0.05) is 80.0 Å². The van der Waals surface area contributed by atoms with Crippen molar-refractivity contribution in [2.24, 2.45) is 56.2 Å². The molecule has 8 aliphatic rings. The summed E-state index contributed by atoms with van der Waals surface area (Å²) in [6, 6.07) is 0. The maximum atomic E-state index is 13.5. The smallest absolute Gasteiger partial charge is 0.335 e. The number of aliphatic carboxylic acids is 1. The van der Waals surface area contributed by atoms with E-state index in [0.29, 0.717) is 50.5 Å². The zero-order valence-electron chi connectivity index (χ0n) is 47.9. The Morgan fingerprint density at radius 3 is 1.89 bits per heavy atom. The van der Waals surface area contributed by atoms with Gasteiger partial charge in [-0.05, 0) is 92.8 Å². The van der Waals surface area contributed by atoms with Crippen molar-refractivity contribution in [3.8, 4) is 0 Å². The van der Waals surface area contributed by atoms with Crippen molar-refractivity contribution >= 4 is 17.9 Å². The number of aliphatic hydroxyl groups excluding tert-OH is 11. The average molecular weight is 1140 g/mol. The number of carbonyl (C=O) groups excluding carboxylic acids is 2. The summed E-state index contributed by atoms with van der Waals surface area (Å²) in [5.41, 5.74) is -4.55. The SMILES string of the molecule is C/C=C(/C)C(=O)O[C@H]1[C@H](O)[C@@]2(COC(=O)C(C)CC)C(CC1(C)C)C1=CCC3[C@@]4(C)CC[C@H](O[C@@H]5OC(C(=O)O)[C@@H](O)[C@@H](O[C@@H]6O[C@@H](CO)[C@@H](O)C6O)C5O[C@@H]5OC(CO)[C@H](O)[C@@H](O)C5O)C(C)(C)C4CC[C@@]3(C)[C@]1(C)[C@@H](O)[C@H]2O. The number of carboxylic acids is 1. The topological polar surface area (TPSA) is 368 Å². The van der Waals surface area contributed by atoms with Crippen molar-refractivity contribution in [1.29, 1.82) is 0 Å². The molecule has 0 bridgehead atoms. The third-order valence-electron chi connectivity index (χ3n) is 21.6. The van der Waals surface area contributed by atoms with Gasteiger partial charge in [0.15, 0.2) is 25.0 Å². The fraction of sp³-hybridized carbons (Fsp3) is 0.877. The van der Waals surface area contributed by atoms with Crippen LogP contribution in [0.4, 0.5) is 0 Å². The Morgan fingerprint density at radius 1 is 0.725 bits per heavy atom. The van der Waals surface area contributed by atoms with Gasteiger partial charge in [-0.15, -0.1) is 0 Å². The standard InChI is InChI=1S/C57H90O23/c1-12-24(3)47(71)73-23-57-27(20-52(5,6)45(44(57)68)80-48(72)25(4)13-2)26-14-15-31-54(9)18-17-32(53(7,8)30(54)16-19-55(31,10)56(26,11)42(66)43(57)67)76-51-41(79-50-37(64)35(62)33(60)28(21-58)74-50)39(38(65)40(78-51)46(69)70)77-49-36(63)34(61)29(22-59)75-49/h13-14,24,27-45,49-51,58-68H,12,15-23H2,1-11H3,(H,69,70)/b25-13-/t24?,27?,28?,29-,30?,31?,32-,33-,34+,35+,36?,37?,38-,39+,40?,41?,42-,43+,44-,45-,49-,50-,51+,54-,55+,56-,57-/m0/s1. The first-order valence-electron chi connectivity index (χ1n) is 28.5. The Labute approximate surface area is 467 Å². The highest BCUT2D eigenvalue weighted by Gasteiger charge is 2.76. The van der Waals surface area contributed by atoms with E-state index < -0.39 is 199 Å². The number of carbonyl (C=O) groups is 3. The fourth-order valence-corrected chi connectivity index (χ4v) is 16.3. The lowest BCUT2D eigenvalue weighted by Gasteiger charge is -2.73. The van der Waals surface area contributed by atoms with E-state index in [1.165, 1.54) is 0 Å². The maximum Gasteiger partial charge on any atom is 0.335 e. The predicted octanol–water partition coefficient (Wildman–Crippen LogP) is 0.343. The molecule has 27 atom stereocenters. The van der Waals surface area contributed by atoms with E-state index in [0.717, 1.165) is 5.57 Å². The fourth-order valence-electron chi connectivity index (χ4n) is 16.3.